The average molecular weight is 210 g/mol. The van der Waals surface area contributed by atoms with Crippen LogP contribution in [0, 0.1) is 0 Å². The highest BCUT2D eigenvalue weighted by molar-refractivity contribution is 4.99. The van der Waals surface area contributed by atoms with Gasteiger partial charge >= 0.3 is 0 Å². The molecule has 2 nitrogen and oxygen atoms in total. The lowest BCUT2D eigenvalue weighted by atomic mass is 9.73. The third-order valence-corrected chi connectivity index (χ3v) is 4.51. The lowest BCUT2D eigenvalue weighted by Gasteiger charge is -2.53. The zero-order chi connectivity index (χ0) is 10.7. The number of nitrogens with one attached hydrogen (secondary N) is 1. The van der Waals surface area contributed by atoms with Crippen LogP contribution in [-0.4, -0.2) is 36.1 Å². The molecule has 88 valence electrons. The molecular weight excluding hydrogens is 184 g/mol. The van der Waals surface area contributed by atoms with Gasteiger partial charge in [-0.3, -0.25) is 4.90 Å². The zero-order valence-corrected chi connectivity index (χ0v) is 10.4. The molecule has 0 aromatic rings. The van der Waals surface area contributed by atoms with E-state index < -0.39 is 0 Å². The highest BCUT2D eigenvalue weighted by Gasteiger charge is 2.41. The lowest BCUT2D eigenvalue weighted by Crippen LogP contribution is -2.62. The van der Waals surface area contributed by atoms with E-state index in [-0.39, 0.29) is 0 Å². The van der Waals surface area contributed by atoms with Crippen molar-refractivity contribution in [2.24, 2.45) is 0 Å². The Morgan fingerprint density at radius 2 is 2.13 bits per heavy atom. The van der Waals surface area contributed by atoms with E-state index in [1.807, 2.05) is 0 Å². The van der Waals surface area contributed by atoms with Crippen molar-refractivity contribution in [1.82, 2.24) is 10.2 Å². The van der Waals surface area contributed by atoms with E-state index >= 15 is 0 Å². The van der Waals surface area contributed by atoms with Crippen molar-refractivity contribution in [2.45, 2.75) is 64.0 Å². The van der Waals surface area contributed by atoms with Crippen LogP contribution in [0.3, 0.4) is 0 Å². The van der Waals surface area contributed by atoms with E-state index in [1.165, 1.54) is 58.2 Å². The van der Waals surface area contributed by atoms with Crippen molar-refractivity contribution >= 4 is 0 Å². The second-order valence-electron chi connectivity index (χ2n) is 5.32. The van der Waals surface area contributed by atoms with E-state index in [1.54, 1.807) is 0 Å². The maximum atomic E-state index is 3.65. The molecule has 1 unspecified atom stereocenters. The molecule has 0 amide bonds. The molecular formula is C13H26N2. The number of rotatable bonds is 4. The molecule has 0 radical (unpaired) electrons. The number of piperazine rings is 1. The summed E-state index contributed by atoms with van der Waals surface area (Å²) in [5.41, 5.74) is 0.605. The van der Waals surface area contributed by atoms with E-state index in [0.29, 0.717) is 5.54 Å². The summed E-state index contributed by atoms with van der Waals surface area (Å²) in [5.74, 6) is 0. The van der Waals surface area contributed by atoms with Gasteiger partial charge in [0, 0.05) is 31.2 Å². The van der Waals surface area contributed by atoms with Crippen molar-refractivity contribution in [3.8, 4) is 0 Å². The first kappa shape index (κ1) is 11.4. The Bertz CT molecular complexity index is 191. The second kappa shape index (κ2) is 4.84. The molecule has 2 fully saturated rings. The van der Waals surface area contributed by atoms with Gasteiger partial charge in [-0.15, -0.1) is 0 Å². The monoisotopic (exact) mass is 210 g/mol. The van der Waals surface area contributed by atoms with Crippen LogP contribution in [0.25, 0.3) is 0 Å². The van der Waals surface area contributed by atoms with Crippen LogP contribution < -0.4 is 5.32 Å². The van der Waals surface area contributed by atoms with Gasteiger partial charge in [-0.2, -0.15) is 0 Å². The Labute approximate surface area is 94.4 Å². The van der Waals surface area contributed by atoms with Gasteiger partial charge in [-0.25, -0.2) is 0 Å². The molecule has 1 heterocycles. The number of hydrogen-bond acceptors (Lipinski definition) is 2. The molecule has 2 rings (SSSR count). The van der Waals surface area contributed by atoms with Gasteiger partial charge in [0.1, 0.15) is 0 Å². The zero-order valence-electron chi connectivity index (χ0n) is 10.4. The molecule has 1 aliphatic carbocycles. The minimum Gasteiger partial charge on any atom is -0.311 e. The Balaban J connectivity index is 1.91. The van der Waals surface area contributed by atoms with E-state index in [0.717, 1.165) is 6.04 Å². The molecule has 1 saturated carbocycles. The van der Waals surface area contributed by atoms with Crippen LogP contribution in [0.1, 0.15) is 52.4 Å². The van der Waals surface area contributed by atoms with Gasteiger partial charge in [0.15, 0.2) is 0 Å². The summed E-state index contributed by atoms with van der Waals surface area (Å²) in [6.45, 7) is 8.43. The molecule has 1 saturated heterocycles. The molecule has 0 aromatic carbocycles. The minimum atomic E-state index is 0.605. The van der Waals surface area contributed by atoms with Crippen LogP contribution in [0.5, 0.6) is 0 Å². The van der Waals surface area contributed by atoms with Gasteiger partial charge in [0.05, 0.1) is 0 Å². The fourth-order valence-corrected chi connectivity index (χ4v) is 3.28. The highest BCUT2D eigenvalue weighted by atomic mass is 15.3. The highest BCUT2D eigenvalue weighted by Crippen LogP contribution is 2.40. The summed E-state index contributed by atoms with van der Waals surface area (Å²) < 4.78 is 0. The van der Waals surface area contributed by atoms with Gasteiger partial charge in [-0.1, -0.05) is 20.3 Å². The molecule has 0 aromatic heterocycles. The molecule has 0 spiro atoms. The molecule has 0 bridgehead atoms. The molecule has 15 heavy (non-hydrogen) atoms. The summed E-state index contributed by atoms with van der Waals surface area (Å²) in [6, 6.07) is 0.757. The first-order valence-electron chi connectivity index (χ1n) is 6.79. The summed E-state index contributed by atoms with van der Waals surface area (Å²) in [4.78, 5) is 2.79. The average Bonchev–Trinajstić information content (AvgIpc) is 2.18. The van der Waals surface area contributed by atoms with Crippen molar-refractivity contribution < 1.29 is 0 Å². The molecule has 2 heteroatoms. The topological polar surface area (TPSA) is 15.3 Å². The van der Waals surface area contributed by atoms with Crippen molar-refractivity contribution in [3.63, 3.8) is 0 Å². The molecule has 2 aliphatic rings. The lowest BCUT2D eigenvalue weighted by molar-refractivity contribution is -0.00849. The summed E-state index contributed by atoms with van der Waals surface area (Å²) in [6.07, 6.45) is 8.35. The van der Waals surface area contributed by atoms with E-state index in [2.05, 4.69) is 24.1 Å². The predicted molar refractivity (Wildman–Crippen MR) is 65.1 cm³/mol. The van der Waals surface area contributed by atoms with Crippen molar-refractivity contribution in [3.05, 3.63) is 0 Å². The smallest absolute Gasteiger partial charge is 0.0208 e. The SMILES string of the molecule is CCCC1CN(C2(CC)CCC2)CCN1. The van der Waals surface area contributed by atoms with Crippen LogP contribution in [-0.2, 0) is 0 Å². The normalized spacial score (nSPS) is 31.2. The fourth-order valence-electron chi connectivity index (χ4n) is 3.28. The van der Waals surface area contributed by atoms with E-state index in [9.17, 15) is 0 Å². The largest absolute Gasteiger partial charge is 0.311 e. The Hall–Kier alpha value is -0.0800. The van der Waals surface area contributed by atoms with Crippen LogP contribution in [0.15, 0.2) is 0 Å². The van der Waals surface area contributed by atoms with Crippen molar-refractivity contribution in [2.75, 3.05) is 19.6 Å². The summed E-state index contributed by atoms with van der Waals surface area (Å²) in [5, 5.41) is 3.65. The van der Waals surface area contributed by atoms with Crippen LogP contribution in [0.2, 0.25) is 0 Å². The molecule has 1 N–H and O–H groups in total. The Morgan fingerprint density at radius 1 is 1.33 bits per heavy atom. The first-order valence-corrected chi connectivity index (χ1v) is 6.79. The molecule has 1 aliphatic heterocycles. The van der Waals surface area contributed by atoms with Gasteiger partial charge in [-0.05, 0) is 32.1 Å². The second-order valence-corrected chi connectivity index (χ2v) is 5.32. The van der Waals surface area contributed by atoms with Gasteiger partial charge in [0.2, 0.25) is 0 Å². The maximum Gasteiger partial charge on any atom is 0.0208 e. The third kappa shape index (κ3) is 2.21. The quantitative estimate of drug-likeness (QED) is 0.766. The number of hydrogen-bond donors (Lipinski definition) is 1. The van der Waals surface area contributed by atoms with Crippen molar-refractivity contribution in [1.29, 1.82) is 0 Å². The van der Waals surface area contributed by atoms with Crippen LogP contribution in [0.4, 0.5) is 0 Å². The predicted octanol–water partition coefficient (Wildman–Crippen LogP) is 2.39. The first-order chi connectivity index (χ1) is 7.30. The minimum absolute atomic E-state index is 0.605. The maximum absolute atomic E-state index is 3.65. The standard InChI is InChI=1S/C13H26N2/c1-3-6-12-11-15(10-9-14-12)13(4-2)7-5-8-13/h12,14H,3-11H2,1-2H3. The van der Waals surface area contributed by atoms with Crippen LogP contribution >= 0.6 is 0 Å². The summed E-state index contributed by atoms with van der Waals surface area (Å²) in [7, 11) is 0. The van der Waals surface area contributed by atoms with E-state index in [4.69, 9.17) is 0 Å². The Kier molecular flexibility index (Phi) is 3.68. The fraction of sp³-hybridized carbons (Fsp3) is 1.00. The Morgan fingerprint density at radius 3 is 2.67 bits per heavy atom. The number of nitrogens with zero attached hydrogens (tertiary/aromatic N) is 1. The third-order valence-electron chi connectivity index (χ3n) is 4.51. The molecule has 1 atom stereocenters. The van der Waals surface area contributed by atoms with Gasteiger partial charge < -0.3 is 5.32 Å². The summed E-state index contributed by atoms with van der Waals surface area (Å²) >= 11 is 0. The van der Waals surface area contributed by atoms with Gasteiger partial charge in [0.25, 0.3) is 0 Å².